The smallest absolute Gasteiger partial charge is 0.322 e. The Labute approximate surface area is 236 Å². The lowest BCUT2D eigenvalue weighted by Gasteiger charge is -2.37. The molecule has 5 amide bonds. The monoisotopic (exact) mass is 557 g/mol. The molecule has 1 atom stereocenters. The van der Waals surface area contributed by atoms with Gasteiger partial charge >= 0.3 is 6.03 Å². The predicted octanol–water partition coefficient (Wildman–Crippen LogP) is 2.42. The van der Waals surface area contributed by atoms with Crippen molar-refractivity contribution in [2.24, 2.45) is 0 Å². The van der Waals surface area contributed by atoms with Gasteiger partial charge in [-0.3, -0.25) is 24.8 Å². The normalized spacial score (nSPS) is 20.0. The first-order chi connectivity index (χ1) is 19.9. The van der Waals surface area contributed by atoms with E-state index in [0.29, 0.717) is 61.0 Å². The Morgan fingerprint density at radius 3 is 2.56 bits per heavy atom. The van der Waals surface area contributed by atoms with E-state index >= 15 is 0 Å². The molecule has 12 heteroatoms. The summed E-state index contributed by atoms with van der Waals surface area (Å²) in [6.45, 7) is 1.26. The summed E-state index contributed by atoms with van der Waals surface area (Å²) >= 11 is 0. The van der Waals surface area contributed by atoms with Gasteiger partial charge in [-0.15, -0.1) is 0 Å². The van der Waals surface area contributed by atoms with Crippen LogP contribution in [0.1, 0.15) is 54.3 Å². The molecular formula is C29H31N7O5. The van der Waals surface area contributed by atoms with E-state index in [9.17, 15) is 19.2 Å². The first-order valence-corrected chi connectivity index (χ1v) is 13.8. The van der Waals surface area contributed by atoms with Crippen molar-refractivity contribution in [3.05, 3.63) is 66.0 Å². The predicted molar refractivity (Wildman–Crippen MR) is 147 cm³/mol. The van der Waals surface area contributed by atoms with Crippen LogP contribution >= 0.6 is 0 Å². The Hall–Kier alpha value is -4.74. The number of aromatic amines is 1. The fourth-order valence-corrected chi connectivity index (χ4v) is 5.76. The fourth-order valence-electron chi connectivity index (χ4n) is 5.76. The van der Waals surface area contributed by atoms with Crippen molar-refractivity contribution in [1.29, 1.82) is 0 Å². The van der Waals surface area contributed by atoms with E-state index in [2.05, 4.69) is 20.8 Å². The van der Waals surface area contributed by atoms with Gasteiger partial charge in [-0.1, -0.05) is 30.3 Å². The lowest BCUT2D eigenvalue weighted by molar-refractivity contribution is -0.137. The first kappa shape index (κ1) is 26.5. The van der Waals surface area contributed by atoms with Gasteiger partial charge in [0.05, 0.1) is 6.04 Å². The third-order valence-corrected chi connectivity index (χ3v) is 8.03. The topological polar surface area (TPSA) is 150 Å². The van der Waals surface area contributed by atoms with Crippen LogP contribution in [0, 0.1) is 0 Å². The number of aromatic nitrogens is 3. The summed E-state index contributed by atoms with van der Waals surface area (Å²) in [5.74, 6) is 1.08. The molecule has 3 aromatic rings. The molecule has 212 valence electrons. The van der Waals surface area contributed by atoms with Gasteiger partial charge < -0.3 is 19.9 Å². The van der Waals surface area contributed by atoms with Crippen molar-refractivity contribution in [2.75, 3.05) is 26.2 Å². The van der Waals surface area contributed by atoms with E-state index in [1.165, 1.54) is 0 Å². The molecule has 12 nitrogen and oxygen atoms in total. The summed E-state index contributed by atoms with van der Waals surface area (Å²) in [6, 6.07) is 15.6. The Morgan fingerprint density at radius 2 is 1.80 bits per heavy atom. The number of hydrogen-bond donors (Lipinski definition) is 3. The molecule has 1 spiro atoms. The number of likely N-dealkylation sites (tertiary alicyclic amines) is 2. The molecule has 3 aliphatic rings. The number of para-hydroxylation sites is 1. The highest BCUT2D eigenvalue weighted by Crippen LogP contribution is 2.31. The zero-order valence-corrected chi connectivity index (χ0v) is 22.5. The molecular weight excluding hydrogens is 526 g/mol. The number of nitrogens with one attached hydrogen (secondary N) is 3. The number of H-pyrrole nitrogens is 1. The molecule has 0 saturated carbocycles. The molecule has 41 heavy (non-hydrogen) atoms. The quantitative estimate of drug-likeness (QED) is 0.394. The van der Waals surface area contributed by atoms with E-state index in [1.807, 2.05) is 36.4 Å². The van der Waals surface area contributed by atoms with Gasteiger partial charge in [0, 0.05) is 30.8 Å². The molecule has 3 N–H and O–H groups in total. The number of carbonyl (C=O) groups excluding carboxylic acids is 4. The van der Waals surface area contributed by atoms with E-state index in [-0.39, 0.29) is 30.4 Å². The maximum atomic E-state index is 13.3. The summed E-state index contributed by atoms with van der Waals surface area (Å²) in [5, 5.41) is 12.4. The second kappa shape index (κ2) is 11.0. The number of ether oxygens (including phenoxy) is 1. The Morgan fingerprint density at radius 1 is 1.00 bits per heavy atom. The van der Waals surface area contributed by atoms with Crippen LogP contribution in [0.3, 0.4) is 0 Å². The number of hydrogen-bond acceptors (Lipinski definition) is 7. The van der Waals surface area contributed by atoms with Crippen molar-refractivity contribution in [3.63, 3.8) is 0 Å². The summed E-state index contributed by atoms with van der Waals surface area (Å²) in [6.07, 6.45) is 3.35. The third kappa shape index (κ3) is 5.37. The van der Waals surface area contributed by atoms with Crippen LogP contribution in [0.5, 0.6) is 5.75 Å². The van der Waals surface area contributed by atoms with Gasteiger partial charge in [0.1, 0.15) is 17.1 Å². The molecule has 3 aliphatic heterocycles. The Bertz CT molecular complexity index is 1460. The zero-order valence-electron chi connectivity index (χ0n) is 22.5. The Balaban J connectivity index is 1.12. The molecule has 6 rings (SSSR count). The molecule has 3 saturated heterocycles. The number of nitrogens with zero attached hydrogens (tertiary/aromatic N) is 4. The van der Waals surface area contributed by atoms with Crippen LogP contribution in [0.15, 0.2) is 54.6 Å². The number of benzene rings is 2. The van der Waals surface area contributed by atoms with Crippen LogP contribution < -0.4 is 15.4 Å². The average molecular weight is 558 g/mol. The van der Waals surface area contributed by atoms with E-state index in [0.717, 1.165) is 19.3 Å². The molecule has 0 unspecified atom stereocenters. The van der Waals surface area contributed by atoms with Crippen molar-refractivity contribution in [2.45, 2.75) is 43.7 Å². The number of rotatable bonds is 6. The standard InChI is InChI=1S/C29H31N7O5/c37-23(18-41-21-9-2-1-3-10-21)36-14-5-4-11-22(36)25-30-24(33-34-25)19-7-6-8-20(17-19)26(38)35-15-12-29(13-16-35)27(39)31-28(40)32-29/h1-3,6-10,17,22H,4-5,11-16,18H2,(H,30,33,34)(H2,31,32,39,40)/t22-/m1/s1. The van der Waals surface area contributed by atoms with Crippen molar-refractivity contribution >= 4 is 23.8 Å². The number of urea groups is 1. The van der Waals surface area contributed by atoms with Crippen LogP contribution in [0.2, 0.25) is 0 Å². The lowest BCUT2D eigenvalue weighted by Crippen LogP contribution is -2.55. The summed E-state index contributed by atoms with van der Waals surface area (Å²) in [5.41, 5.74) is 0.222. The SMILES string of the molecule is O=C1NC(=O)C2(CCN(C(=O)c3cccc(-c4n[nH]c([C@H]5CCCCN5C(=O)COc5ccccc5)n4)c3)CC2)N1. The fraction of sp³-hybridized carbons (Fsp3) is 0.379. The van der Waals surface area contributed by atoms with Gasteiger partial charge in [-0.2, -0.15) is 5.10 Å². The largest absolute Gasteiger partial charge is 0.484 e. The second-order valence-corrected chi connectivity index (χ2v) is 10.6. The second-order valence-electron chi connectivity index (χ2n) is 10.6. The number of carbonyl (C=O) groups is 4. The van der Waals surface area contributed by atoms with Gasteiger partial charge in [-0.05, 0) is 56.4 Å². The van der Waals surface area contributed by atoms with Crippen molar-refractivity contribution in [1.82, 2.24) is 35.6 Å². The first-order valence-electron chi connectivity index (χ1n) is 13.8. The molecule has 3 fully saturated rings. The van der Waals surface area contributed by atoms with Crippen LogP contribution in [-0.2, 0) is 9.59 Å². The van der Waals surface area contributed by atoms with Crippen molar-refractivity contribution < 1.29 is 23.9 Å². The van der Waals surface area contributed by atoms with Crippen LogP contribution in [-0.4, -0.2) is 80.5 Å². The van der Waals surface area contributed by atoms with Gasteiger partial charge in [0.25, 0.3) is 17.7 Å². The summed E-state index contributed by atoms with van der Waals surface area (Å²) in [4.78, 5) is 58.4. The lowest BCUT2D eigenvalue weighted by atomic mass is 9.87. The van der Waals surface area contributed by atoms with Crippen molar-refractivity contribution in [3.8, 4) is 17.1 Å². The maximum Gasteiger partial charge on any atom is 0.322 e. The minimum absolute atomic E-state index is 0.0552. The molecule has 0 bridgehead atoms. The number of imide groups is 1. The summed E-state index contributed by atoms with van der Waals surface area (Å²) < 4.78 is 5.69. The van der Waals surface area contributed by atoms with Gasteiger partial charge in [0.2, 0.25) is 0 Å². The highest BCUT2D eigenvalue weighted by atomic mass is 16.5. The third-order valence-electron chi connectivity index (χ3n) is 8.03. The number of piperidine rings is 2. The minimum atomic E-state index is -0.937. The van der Waals surface area contributed by atoms with E-state index in [1.54, 1.807) is 28.0 Å². The van der Waals surface area contributed by atoms with Crippen LogP contribution in [0.4, 0.5) is 4.79 Å². The Kier molecular flexibility index (Phi) is 7.12. The molecule has 1 aromatic heterocycles. The average Bonchev–Trinajstić information content (AvgIpc) is 3.61. The maximum absolute atomic E-state index is 13.3. The number of amides is 5. The highest BCUT2D eigenvalue weighted by Gasteiger charge is 2.48. The van der Waals surface area contributed by atoms with Crippen LogP contribution in [0.25, 0.3) is 11.4 Å². The van der Waals surface area contributed by atoms with Gasteiger partial charge in [0.15, 0.2) is 12.4 Å². The molecule has 0 aliphatic carbocycles. The highest BCUT2D eigenvalue weighted by molar-refractivity contribution is 6.07. The van der Waals surface area contributed by atoms with Gasteiger partial charge in [-0.25, -0.2) is 9.78 Å². The molecule has 0 radical (unpaired) electrons. The molecule has 4 heterocycles. The zero-order chi connectivity index (χ0) is 28.4. The van der Waals surface area contributed by atoms with E-state index in [4.69, 9.17) is 9.72 Å². The molecule has 2 aromatic carbocycles. The van der Waals surface area contributed by atoms with E-state index < -0.39 is 11.6 Å². The minimum Gasteiger partial charge on any atom is -0.484 e. The summed E-state index contributed by atoms with van der Waals surface area (Å²) in [7, 11) is 0.